The summed E-state index contributed by atoms with van der Waals surface area (Å²) in [5, 5.41) is 5.23. The lowest BCUT2D eigenvalue weighted by molar-refractivity contribution is 0.158. The molecule has 0 atom stereocenters. The summed E-state index contributed by atoms with van der Waals surface area (Å²) in [6.45, 7) is 4.37. The van der Waals surface area contributed by atoms with Crippen molar-refractivity contribution in [3.63, 3.8) is 0 Å². The van der Waals surface area contributed by atoms with Crippen LogP contribution in [0, 0.1) is 0 Å². The fraction of sp³-hybridized carbons (Fsp3) is 0.364. The monoisotopic (exact) mass is 245 g/mol. The Labute approximate surface area is 99.8 Å². The van der Waals surface area contributed by atoms with E-state index in [9.17, 15) is 0 Å². The minimum Gasteiger partial charge on any atom is -0.396 e. The molecule has 0 aliphatic carbocycles. The zero-order valence-corrected chi connectivity index (χ0v) is 10.3. The number of nitrogens with zero attached hydrogens (tertiary/aromatic N) is 1. The quantitative estimate of drug-likeness (QED) is 0.582. The van der Waals surface area contributed by atoms with Gasteiger partial charge in [-0.25, -0.2) is 0 Å². The normalized spacial score (nSPS) is 11.6. The van der Waals surface area contributed by atoms with Gasteiger partial charge in [0.1, 0.15) is 6.61 Å². The number of halogens is 2. The zero-order chi connectivity index (χ0) is 11.3. The van der Waals surface area contributed by atoms with Crippen LogP contribution in [0.4, 0.5) is 0 Å². The first-order valence-corrected chi connectivity index (χ1v) is 5.48. The van der Waals surface area contributed by atoms with Gasteiger partial charge in [-0.05, 0) is 31.5 Å². The molecule has 0 saturated carbocycles. The van der Waals surface area contributed by atoms with Crippen molar-refractivity contribution >= 4 is 28.9 Å². The summed E-state index contributed by atoms with van der Waals surface area (Å²) >= 11 is 11.8. The van der Waals surface area contributed by atoms with Gasteiger partial charge in [0, 0.05) is 16.5 Å². The van der Waals surface area contributed by atoms with E-state index in [1.165, 1.54) is 0 Å². The van der Waals surface area contributed by atoms with Crippen LogP contribution in [-0.4, -0.2) is 12.3 Å². The molecule has 1 aromatic rings. The van der Waals surface area contributed by atoms with Gasteiger partial charge in [-0.2, -0.15) is 0 Å². The average molecular weight is 246 g/mol. The van der Waals surface area contributed by atoms with Crippen LogP contribution in [0.1, 0.15) is 19.4 Å². The third-order valence-corrected chi connectivity index (χ3v) is 2.40. The molecule has 0 saturated heterocycles. The Hall–Kier alpha value is -0.730. The van der Waals surface area contributed by atoms with Crippen molar-refractivity contribution in [1.29, 1.82) is 0 Å². The van der Waals surface area contributed by atoms with Crippen molar-refractivity contribution in [2.45, 2.75) is 20.3 Å². The van der Waals surface area contributed by atoms with E-state index in [1.807, 2.05) is 26.0 Å². The second kappa shape index (κ2) is 5.99. The fourth-order valence-corrected chi connectivity index (χ4v) is 1.62. The molecule has 0 heterocycles. The maximum atomic E-state index is 6.03. The van der Waals surface area contributed by atoms with Gasteiger partial charge < -0.3 is 4.84 Å². The molecule has 0 unspecified atom stereocenters. The summed E-state index contributed by atoms with van der Waals surface area (Å²) in [7, 11) is 0. The van der Waals surface area contributed by atoms with Crippen molar-refractivity contribution in [3.8, 4) is 0 Å². The second-order valence-corrected chi connectivity index (χ2v) is 4.00. The lowest BCUT2D eigenvalue weighted by Gasteiger charge is -2.04. The van der Waals surface area contributed by atoms with Gasteiger partial charge in [-0.3, -0.25) is 0 Å². The zero-order valence-electron chi connectivity index (χ0n) is 8.76. The van der Waals surface area contributed by atoms with Crippen LogP contribution in [-0.2, 0) is 11.3 Å². The highest BCUT2D eigenvalue weighted by atomic mass is 35.5. The molecule has 0 radical (unpaired) electrons. The van der Waals surface area contributed by atoms with Crippen LogP contribution in [0.3, 0.4) is 0 Å². The summed E-state index contributed by atoms with van der Waals surface area (Å²) in [6.07, 6.45) is 0.677. The predicted octanol–water partition coefficient (Wildman–Crippen LogP) is 3.95. The van der Waals surface area contributed by atoms with E-state index in [0.717, 1.165) is 11.3 Å². The molecule has 1 aromatic carbocycles. The SMILES string of the molecule is CCO/N=C(/C)Cc1ccc(Cl)cc1Cl. The maximum absolute atomic E-state index is 6.03. The minimum absolute atomic E-state index is 0.575. The molecular formula is C11H13Cl2NO. The van der Waals surface area contributed by atoms with Crippen molar-refractivity contribution in [2.75, 3.05) is 6.61 Å². The maximum Gasteiger partial charge on any atom is 0.114 e. The summed E-state index contributed by atoms with van der Waals surface area (Å²) in [5.41, 5.74) is 1.89. The number of hydrogen-bond acceptors (Lipinski definition) is 2. The van der Waals surface area contributed by atoms with Gasteiger partial charge >= 0.3 is 0 Å². The van der Waals surface area contributed by atoms with E-state index in [1.54, 1.807) is 6.07 Å². The third-order valence-electron chi connectivity index (χ3n) is 1.81. The van der Waals surface area contributed by atoms with Crippen molar-refractivity contribution in [3.05, 3.63) is 33.8 Å². The molecule has 2 nitrogen and oxygen atoms in total. The molecule has 1 rings (SSSR count). The molecule has 0 bridgehead atoms. The molecule has 0 fully saturated rings. The van der Waals surface area contributed by atoms with E-state index in [2.05, 4.69) is 5.16 Å². The molecule has 0 aromatic heterocycles. The van der Waals surface area contributed by atoms with E-state index < -0.39 is 0 Å². The van der Waals surface area contributed by atoms with Gasteiger partial charge in [-0.1, -0.05) is 34.4 Å². The molecule has 0 N–H and O–H groups in total. The van der Waals surface area contributed by atoms with E-state index in [0.29, 0.717) is 23.1 Å². The Bertz CT molecular complexity index is 364. The van der Waals surface area contributed by atoms with Crippen molar-refractivity contribution in [1.82, 2.24) is 0 Å². The molecular weight excluding hydrogens is 233 g/mol. The first-order chi connectivity index (χ1) is 7.13. The Morgan fingerprint density at radius 3 is 2.73 bits per heavy atom. The standard InChI is InChI=1S/C11H13Cl2NO/c1-3-15-14-8(2)6-9-4-5-10(12)7-11(9)13/h4-5,7H,3,6H2,1-2H3/b14-8-. The lowest BCUT2D eigenvalue weighted by atomic mass is 10.1. The molecule has 0 aliphatic heterocycles. The summed E-state index contributed by atoms with van der Waals surface area (Å²) in [6, 6.07) is 5.44. The summed E-state index contributed by atoms with van der Waals surface area (Å²) in [4.78, 5) is 4.95. The van der Waals surface area contributed by atoms with Crippen LogP contribution in [0.15, 0.2) is 23.4 Å². The van der Waals surface area contributed by atoms with E-state index in [4.69, 9.17) is 28.0 Å². The smallest absolute Gasteiger partial charge is 0.114 e. The molecule has 4 heteroatoms. The Kier molecular flexibility index (Phi) is 4.92. The van der Waals surface area contributed by atoms with Crippen molar-refractivity contribution < 1.29 is 4.84 Å². The lowest BCUT2D eigenvalue weighted by Crippen LogP contribution is -1.99. The molecule has 0 amide bonds. The van der Waals surface area contributed by atoms with Gasteiger partial charge in [0.15, 0.2) is 0 Å². The number of rotatable bonds is 4. The second-order valence-electron chi connectivity index (χ2n) is 3.16. The van der Waals surface area contributed by atoms with Crippen LogP contribution in [0.2, 0.25) is 10.0 Å². The van der Waals surface area contributed by atoms with Crippen molar-refractivity contribution in [2.24, 2.45) is 5.16 Å². The Morgan fingerprint density at radius 1 is 1.40 bits per heavy atom. The summed E-state index contributed by atoms with van der Waals surface area (Å²) in [5.74, 6) is 0. The highest BCUT2D eigenvalue weighted by molar-refractivity contribution is 6.35. The molecule has 15 heavy (non-hydrogen) atoms. The minimum atomic E-state index is 0.575. The largest absolute Gasteiger partial charge is 0.396 e. The molecule has 0 spiro atoms. The number of oxime groups is 1. The van der Waals surface area contributed by atoms with Crippen LogP contribution >= 0.6 is 23.2 Å². The number of benzene rings is 1. The third kappa shape index (κ3) is 4.10. The highest BCUT2D eigenvalue weighted by Gasteiger charge is 2.03. The predicted molar refractivity (Wildman–Crippen MR) is 64.9 cm³/mol. The Balaban J connectivity index is 2.72. The van der Waals surface area contributed by atoms with Gasteiger partial charge in [0.2, 0.25) is 0 Å². The van der Waals surface area contributed by atoms with Crippen LogP contribution in [0.25, 0.3) is 0 Å². The van der Waals surface area contributed by atoms with Gasteiger partial charge in [0.25, 0.3) is 0 Å². The molecule has 82 valence electrons. The topological polar surface area (TPSA) is 21.6 Å². The van der Waals surface area contributed by atoms with E-state index >= 15 is 0 Å². The first kappa shape index (κ1) is 12.3. The molecule has 0 aliphatic rings. The highest BCUT2D eigenvalue weighted by Crippen LogP contribution is 2.21. The first-order valence-electron chi connectivity index (χ1n) is 4.73. The van der Waals surface area contributed by atoms with Gasteiger partial charge in [-0.15, -0.1) is 0 Å². The van der Waals surface area contributed by atoms with Crippen LogP contribution < -0.4 is 0 Å². The van der Waals surface area contributed by atoms with E-state index in [-0.39, 0.29) is 0 Å². The summed E-state index contributed by atoms with van der Waals surface area (Å²) < 4.78 is 0. The number of hydrogen-bond donors (Lipinski definition) is 0. The average Bonchev–Trinajstić information content (AvgIpc) is 2.19. The Morgan fingerprint density at radius 2 is 2.13 bits per heavy atom. The fourth-order valence-electron chi connectivity index (χ4n) is 1.15. The van der Waals surface area contributed by atoms with Crippen LogP contribution in [0.5, 0.6) is 0 Å². The van der Waals surface area contributed by atoms with Gasteiger partial charge in [0.05, 0.1) is 5.71 Å².